The average Bonchev–Trinajstić information content (AvgIpc) is 2.89. The molecule has 5 nitrogen and oxygen atoms in total. The van der Waals surface area contributed by atoms with E-state index < -0.39 is 0 Å². The number of carbonyl (C=O) groups is 1. The Hall–Kier alpha value is -1.91. The van der Waals surface area contributed by atoms with Crippen molar-refractivity contribution < 1.29 is 9.72 Å². The Labute approximate surface area is 147 Å². The first-order valence-electron chi connectivity index (χ1n) is 9.54. The molecule has 4 aliphatic carbocycles. The zero-order valence-corrected chi connectivity index (χ0v) is 14.6. The van der Waals surface area contributed by atoms with E-state index in [2.05, 4.69) is 6.92 Å². The van der Waals surface area contributed by atoms with Crippen molar-refractivity contribution in [3.63, 3.8) is 0 Å². The van der Waals surface area contributed by atoms with Gasteiger partial charge in [-0.25, -0.2) is 0 Å². The van der Waals surface area contributed by atoms with Crippen LogP contribution in [0.15, 0.2) is 18.2 Å². The molecule has 0 aromatic heterocycles. The van der Waals surface area contributed by atoms with E-state index in [9.17, 15) is 14.9 Å². The van der Waals surface area contributed by atoms with Crippen molar-refractivity contribution in [1.82, 2.24) is 4.90 Å². The molecule has 1 amide bonds. The van der Waals surface area contributed by atoms with Gasteiger partial charge < -0.3 is 4.90 Å². The number of hydrogen-bond acceptors (Lipinski definition) is 3. The molecule has 0 N–H and O–H groups in total. The van der Waals surface area contributed by atoms with E-state index in [0.717, 1.165) is 17.8 Å². The third kappa shape index (κ3) is 2.10. The summed E-state index contributed by atoms with van der Waals surface area (Å²) >= 11 is 0. The van der Waals surface area contributed by atoms with Crippen molar-refractivity contribution in [2.45, 2.75) is 58.0 Å². The minimum atomic E-state index is -0.356. The summed E-state index contributed by atoms with van der Waals surface area (Å²) in [6, 6.07) is 5.07. The van der Waals surface area contributed by atoms with Crippen LogP contribution in [-0.2, 0) is 6.54 Å². The zero-order valence-electron chi connectivity index (χ0n) is 14.6. The Morgan fingerprint density at radius 1 is 1.16 bits per heavy atom. The van der Waals surface area contributed by atoms with Crippen LogP contribution in [0.5, 0.6) is 0 Å². The van der Waals surface area contributed by atoms with E-state index in [-0.39, 0.29) is 28.0 Å². The Morgan fingerprint density at radius 3 is 2.32 bits per heavy atom. The number of rotatable bonds is 3. The van der Waals surface area contributed by atoms with Gasteiger partial charge in [0.15, 0.2) is 0 Å². The van der Waals surface area contributed by atoms with Gasteiger partial charge in [0.1, 0.15) is 0 Å². The van der Waals surface area contributed by atoms with E-state index in [0.29, 0.717) is 17.7 Å². The second-order valence-corrected chi connectivity index (χ2v) is 8.95. The summed E-state index contributed by atoms with van der Waals surface area (Å²) in [4.78, 5) is 25.9. The molecule has 4 fully saturated rings. The molecule has 25 heavy (non-hydrogen) atoms. The van der Waals surface area contributed by atoms with Crippen LogP contribution in [0.1, 0.15) is 61.4 Å². The van der Waals surface area contributed by atoms with Crippen molar-refractivity contribution in [2.24, 2.45) is 23.2 Å². The summed E-state index contributed by atoms with van der Waals surface area (Å²) in [5.74, 6) is 2.50. The van der Waals surface area contributed by atoms with E-state index in [1.807, 2.05) is 4.90 Å². The first-order valence-corrected chi connectivity index (χ1v) is 9.54. The van der Waals surface area contributed by atoms with Crippen LogP contribution < -0.4 is 0 Å². The van der Waals surface area contributed by atoms with Crippen LogP contribution in [-0.4, -0.2) is 21.8 Å². The van der Waals surface area contributed by atoms with E-state index in [1.165, 1.54) is 44.6 Å². The fourth-order valence-corrected chi connectivity index (χ4v) is 6.84. The lowest BCUT2D eigenvalue weighted by Gasteiger charge is -2.60. The molecule has 1 atom stereocenters. The fraction of sp³-hybridized carbons (Fsp3) is 0.650. The average molecular weight is 340 g/mol. The van der Waals surface area contributed by atoms with Gasteiger partial charge in [-0.15, -0.1) is 0 Å². The maximum atomic E-state index is 13.0. The Balaban J connectivity index is 1.48. The molecule has 0 radical (unpaired) electrons. The van der Waals surface area contributed by atoms with E-state index >= 15 is 0 Å². The number of nitro benzene ring substituents is 1. The lowest BCUT2D eigenvalue weighted by molar-refractivity contribution is -0.385. The quantitative estimate of drug-likeness (QED) is 0.613. The third-order valence-electron chi connectivity index (χ3n) is 7.61. The van der Waals surface area contributed by atoms with Crippen LogP contribution in [0.25, 0.3) is 0 Å². The van der Waals surface area contributed by atoms with Crippen molar-refractivity contribution in [2.75, 3.05) is 0 Å². The highest BCUT2D eigenvalue weighted by atomic mass is 16.6. The standard InChI is InChI=1S/C20H24N2O3/c1-12(20-8-13-5-14(9-20)7-15(6-13)10-20)21-11-17-16(19(21)23)3-2-4-18(17)22(24)25/h2-4,12-15H,5-11H2,1H3. The Kier molecular flexibility index (Phi) is 3.10. The number of amides is 1. The highest BCUT2D eigenvalue weighted by molar-refractivity contribution is 5.99. The molecule has 132 valence electrons. The number of carbonyl (C=O) groups excluding carboxylic acids is 1. The number of hydrogen-bond donors (Lipinski definition) is 0. The van der Waals surface area contributed by atoms with Gasteiger partial charge in [-0.3, -0.25) is 14.9 Å². The molecular formula is C20H24N2O3. The molecule has 1 unspecified atom stereocenters. The topological polar surface area (TPSA) is 63.4 Å². The predicted molar refractivity (Wildman–Crippen MR) is 93.0 cm³/mol. The van der Waals surface area contributed by atoms with E-state index in [1.54, 1.807) is 12.1 Å². The minimum Gasteiger partial charge on any atom is -0.331 e. The van der Waals surface area contributed by atoms with Crippen LogP contribution >= 0.6 is 0 Å². The summed E-state index contributed by atoms with van der Waals surface area (Å²) in [5, 5.41) is 11.3. The predicted octanol–water partition coefficient (Wildman–Crippen LogP) is 4.16. The summed E-state index contributed by atoms with van der Waals surface area (Å²) in [6.07, 6.45) is 7.86. The maximum Gasteiger partial charge on any atom is 0.275 e. The first-order chi connectivity index (χ1) is 12.0. The van der Waals surface area contributed by atoms with Crippen LogP contribution in [0.3, 0.4) is 0 Å². The van der Waals surface area contributed by atoms with Crippen molar-refractivity contribution in [3.8, 4) is 0 Å². The third-order valence-corrected chi connectivity index (χ3v) is 7.61. The van der Waals surface area contributed by atoms with Gasteiger partial charge >= 0.3 is 0 Å². The van der Waals surface area contributed by atoms with Gasteiger partial charge in [-0.05, 0) is 74.7 Å². The fourth-order valence-electron chi connectivity index (χ4n) is 6.84. The molecule has 1 heterocycles. The number of nitrogens with zero attached hydrogens (tertiary/aromatic N) is 2. The number of benzene rings is 1. The van der Waals surface area contributed by atoms with E-state index in [4.69, 9.17) is 0 Å². The Morgan fingerprint density at radius 2 is 1.76 bits per heavy atom. The lowest BCUT2D eigenvalue weighted by Crippen LogP contribution is -2.55. The molecule has 1 aliphatic heterocycles. The molecular weight excluding hydrogens is 316 g/mol. The normalized spacial score (nSPS) is 36.6. The molecule has 1 aromatic carbocycles. The SMILES string of the molecule is CC(N1Cc2c(cccc2[N+](=O)[O-])C1=O)C12CC3CC(CC(C3)C1)C2. The van der Waals surface area contributed by atoms with Gasteiger partial charge in [0.2, 0.25) is 0 Å². The second kappa shape index (κ2) is 5.05. The monoisotopic (exact) mass is 340 g/mol. The van der Waals surface area contributed by atoms with Crippen molar-refractivity contribution in [1.29, 1.82) is 0 Å². The highest BCUT2D eigenvalue weighted by Gasteiger charge is 2.55. The summed E-state index contributed by atoms with van der Waals surface area (Å²) in [6.45, 7) is 2.59. The largest absolute Gasteiger partial charge is 0.331 e. The summed E-state index contributed by atoms with van der Waals surface area (Å²) in [5.41, 5.74) is 1.47. The van der Waals surface area contributed by atoms with Gasteiger partial charge in [0, 0.05) is 12.1 Å². The summed E-state index contributed by atoms with van der Waals surface area (Å²) < 4.78 is 0. The summed E-state index contributed by atoms with van der Waals surface area (Å²) in [7, 11) is 0. The number of nitro groups is 1. The van der Waals surface area contributed by atoms with Crippen molar-refractivity contribution in [3.05, 3.63) is 39.4 Å². The molecule has 1 aromatic rings. The lowest BCUT2D eigenvalue weighted by atomic mass is 9.47. The molecule has 6 rings (SSSR count). The van der Waals surface area contributed by atoms with Gasteiger partial charge in [-0.2, -0.15) is 0 Å². The van der Waals surface area contributed by atoms with Crippen LogP contribution in [0.4, 0.5) is 5.69 Å². The smallest absolute Gasteiger partial charge is 0.275 e. The molecule has 5 heteroatoms. The minimum absolute atomic E-state index is 0.0121. The molecule has 0 saturated heterocycles. The second-order valence-electron chi connectivity index (χ2n) is 8.95. The highest BCUT2D eigenvalue weighted by Crippen LogP contribution is 2.62. The number of fused-ring (bicyclic) bond motifs is 1. The Bertz CT molecular complexity index is 737. The van der Waals surface area contributed by atoms with Gasteiger partial charge in [0.25, 0.3) is 11.6 Å². The van der Waals surface area contributed by atoms with Crippen molar-refractivity contribution >= 4 is 11.6 Å². The van der Waals surface area contributed by atoms with Gasteiger partial charge in [0.05, 0.1) is 22.6 Å². The maximum absolute atomic E-state index is 13.0. The zero-order chi connectivity index (χ0) is 17.3. The first kappa shape index (κ1) is 15.4. The molecule has 4 saturated carbocycles. The molecule has 4 bridgehead atoms. The molecule has 5 aliphatic rings. The molecule has 0 spiro atoms. The van der Waals surface area contributed by atoms with Gasteiger partial charge in [-0.1, -0.05) is 6.07 Å². The van der Waals surface area contributed by atoms with Crippen LogP contribution in [0.2, 0.25) is 0 Å². The van der Waals surface area contributed by atoms with Crippen LogP contribution in [0, 0.1) is 33.3 Å².